The Kier molecular flexibility index (Phi) is 4.40. The summed E-state index contributed by atoms with van der Waals surface area (Å²) in [6.45, 7) is 5.78. The first-order chi connectivity index (χ1) is 9.84. The summed E-state index contributed by atoms with van der Waals surface area (Å²) in [5.41, 5.74) is 0.216. The number of nitro groups is 1. The molecule has 1 aliphatic rings. The summed E-state index contributed by atoms with van der Waals surface area (Å²) in [5.74, 6) is 0.490. The van der Waals surface area contributed by atoms with Crippen molar-refractivity contribution in [2.45, 2.75) is 32.9 Å². The lowest BCUT2D eigenvalue weighted by Crippen LogP contribution is -2.48. The summed E-state index contributed by atoms with van der Waals surface area (Å²) >= 11 is 1.54. The van der Waals surface area contributed by atoms with Crippen molar-refractivity contribution in [2.24, 2.45) is 0 Å². The molecule has 0 radical (unpaired) electrons. The van der Waals surface area contributed by atoms with E-state index in [0.29, 0.717) is 23.8 Å². The van der Waals surface area contributed by atoms with Crippen LogP contribution in [0.4, 0.5) is 11.5 Å². The second-order valence-corrected chi connectivity index (χ2v) is 6.33. The first kappa shape index (κ1) is 15.6. The maximum absolute atomic E-state index is 11.5. The van der Waals surface area contributed by atoms with Crippen LogP contribution in [0.5, 0.6) is 0 Å². The molecule has 1 atom stereocenters. The number of aliphatic carboxylic acids is 1. The molecule has 0 aliphatic carbocycles. The summed E-state index contributed by atoms with van der Waals surface area (Å²) in [5, 5.41) is 25.0. The summed E-state index contributed by atoms with van der Waals surface area (Å²) in [6, 6.07) is -0.854. The number of carboxylic acids is 1. The highest BCUT2D eigenvalue weighted by Gasteiger charge is 2.38. The van der Waals surface area contributed by atoms with Crippen molar-refractivity contribution in [3.8, 4) is 0 Å². The van der Waals surface area contributed by atoms with Gasteiger partial charge in [0.15, 0.2) is 0 Å². The summed E-state index contributed by atoms with van der Waals surface area (Å²) in [4.78, 5) is 24.0. The van der Waals surface area contributed by atoms with Crippen LogP contribution in [-0.4, -0.2) is 49.9 Å². The molecule has 1 aliphatic heterocycles. The van der Waals surface area contributed by atoms with Gasteiger partial charge in [-0.25, -0.2) is 9.48 Å². The van der Waals surface area contributed by atoms with Crippen LogP contribution >= 0.6 is 11.8 Å². The number of thioether (sulfide) groups is 1. The molecule has 21 heavy (non-hydrogen) atoms. The Morgan fingerprint density at radius 1 is 1.57 bits per heavy atom. The molecule has 116 valence electrons. The fourth-order valence-electron chi connectivity index (χ4n) is 2.43. The van der Waals surface area contributed by atoms with Gasteiger partial charge in [-0.05, 0) is 20.8 Å². The van der Waals surface area contributed by atoms with Gasteiger partial charge in [-0.15, -0.1) is 0 Å². The van der Waals surface area contributed by atoms with E-state index < -0.39 is 16.9 Å². The number of hydrogen-bond acceptors (Lipinski definition) is 6. The predicted octanol–water partition coefficient (Wildman–Crippen LogP) is 1.69. The molecule has 1 N–H and O–H groups in total. The molecule has 1 saturated heterocycles. The Hall–Kier alpha value is -1.77. The molecule has 2 heterocycles. The van der Waals surface area contributed by atoms with E-state index in [0.717, 1.165) is 5.75 Å². The normalized spacial score (nSPS) is 19.0. The van der Waals surface area contributed by atoms with E-state index in [9.17, 15) is 20.0 Å². The number of rotatable bonds is 4. The van der Waals surface area contributed by atoms with Crippen LogP contribution in [0.15, 0.2) is 0 Å². The van der Waals surface area contributed by atoms with Crippen LogP contribution in [0.1, 0.15) is 25.6 Å². The molecule has 1 fully saturated rings. The zero-order chi connectivity index (χ0) is 15.7. The van der Waals surface area contributed by atoms with Gasteiger partial charge in [0.2, 0.25) is 5.82 Å². The average Bonchev–Trinajstić information content (AvgIpc) is 2.76. The first-order valence-electron chi connectivity index (χ1n) is 6.65. The van der Waals surface area contributed by atoms with Crippen LogP contribution in [0, 0.1) is 17.0 Å². The van der Waals surface area contributed by atoms with E-state index >= 15 is 0 Å². The van der Waals surface area contributed by atoms with Gasteiger partial charge in [-0.3, -0.25) is 10.1 Å². The van der Waals surface area contributed by atoms with Crippen LogP contribution in [0.2, 0.25) is 0 Å². The standard InChI is InChI=1S/C12H18N4O4S/c1-7(2)15-11(10(16(19)20)8(3)13-15)14-4-5-21-6-9(14)12(17)18/h7,9H,4-6H2,1-3H3,(H,17,18). The minimum atomic E-state index is -0.967. The quantitative estimate of drug-likeness (QED) is 0.666. The second kappa shape index (κ2) is 5.92. The molecule has 0 spiro atoms. The fourth-order valence-corrected chi connectivity index (χ4v) is 3.47. The van der Waals surface area contributed by atoms with E-state index in [1.807, 2.05) is 13.8 Å². The zero-order valence-corrected chi connectivity index (χ0v) is 13.0. The highest BCUT2D eigenvalue weighted by Crippen LogP contribution is 2.36. The van der Waals surface area contributed by atoms with Gasteiger partial charge in [-0.2, -0.15) is 16.9 Å². The Labute approximate surface area is 126 Å². The molecular formula is C12H18N4O4S. The smallest absolute Gasteiger partial charge is 0.333 e. The summed E-state index contributed by atoms with van der Waals surface area (Å²) in [6.07, 6.45) is 0. The molecule has 9 heteroatoms. The van der Waals surface area contributed by atoms with Crippen molar-refractivity contribution in [1.82, 2.24) is 9.78 Å². The van der Waals surface area contributed by atoms with Gasteiger partial charge in [0.1, 0.15) is 11.7 Å². The monoisotopic (exact) mass is 314 g/mol. The number of carboxylic acid groups (broad SMARTS) is 1. The minimum Gasteiger partial charge on any atom is -0.480 e. The lowest BCUT2D eigenvalue weighted by molar-refractivity contribution is -0.384. The van der Waals surface area contributed by atoms with Crippen LogP contribution < -0.4 is 4.90 Å². The lowest BCUT2D eigenvalue weighted by Gasteiger charge is -2.34. The van der Waals surface area contributed by atoms with Crippen molar-refractivity contribution in [3.05, 3.63) is 15.8 Å². The van der Waals surface area contributed by atoms with Crippen LogP contribution in [-0.2, 0) is 4.79 Å². The number of hydrogen-bond donors (Lipinski definition) is 1. The third-order valence-electron chi connectivity index (χ3n) is 3.39. The van der Waals surface area contributed by atoms with Crippen molar-refractivity contribution in [2.75, 3.05) is 23.0 Å². The van der Waals surface area contributed by atoms with Gasteiger partial charge < -0.3 is 10.0 Å². The van der Waals surface area contributed by atoms with E-state index in [1.165, 1.54) is 0 Å². The molecule has 1 aromatic rings. The molecule has 8 nitrogen and oxygen atoms in total. The topological polar surface area (TPSA) is 102 Å². The molecule has 2 rings (SSSR count). The van der Waals surface area contributed by atoms with Crippen molar-refractivity contribution in [3.63, 3.8) is 0 Å². The van der Waals surface area contributed by atoms with Crippen molar-refractivity contribution < 1.29 is 14.8 Å². The number of carbonyl (C=O) groups is 1. The molecule has 0 bridgehead atoms. The van der Waals surface area contributed by atoms with Gasteiger partial charge in [0, 0.05) is 24.1 Å². The van der Waals surface area contributed by atoms with E-state index in [2.05, 4.69) is 5.10 Å². The average molecular weight is 314 g/mol. The van der Waals surface area contributed by atoms with E-state index in [1.54, 1.807) is 28.3 Å². The molecule has 1 unspecified atom stereocenters. The molecule has 0 saturated carbocycles. The Balaban J connectivity index is 2.59. The first-order valence-corrected chi connectivity index (χ1v) is 7.80. The number of aromatic nitrogens is 2. The number of anilines is 1. The Bertz CT molecular complexity index is 572. The third kappa shape index (κ3) is 2.82. The zero-order valence-electron chi connectivity index (χ0n) is 12.1. The molecule has 1 aromatic heterocycles. The Morgan fingerprint density at radius 3 is 2.76 bits per heavy atom. The fraction of sp³-hybridized carbons (Fsp3) is 0.667. The van der Waals surface area contributed by atoms with Gasteiger partial charge >= 0.3 is 11.7 Å². The molecule has 0 amide bonds. The maximum Gasteiger partial charge on any atom is 0.333 e. The SMILES string of the molecule is Cc1nn(C(C)C)c(N2CCSCC2C(=O)O)c1[N+](=O)[O-]. The number of nitrogens with zero attached hydrogens (tertiary/aromatic N) is 4. The number of aryl methyl sites for hydroxylation is 1. The second-order valence-electron chi connectivity index (χ2n) is 5.18. The minimum absolute atomic E-state index is 0.0866. The summed E-state index contributed by atoms with van der Waals surface area (Å²) < 4.78 is 1.55. The summed E-state index contributed by atoms with van der Waals surface area (Å²) in [7, 11) is 0. The van der Waals surface area contributed by atoms with Crippen molar-refractivity contribution in [1.29, 1.82) is 0 Å². The van der Waals surface area contributed by atoms with Gasteiger partial charge in [0.05, 0.1) is 4.92 Å². The third-order valence-corrected chi connectivity index (χ3v) is 4.41. The van der Waals surface area contributed by atoms with E-state index in [-0.39, 0.29) is 11.7 Å². The Morgan fingerprint density at radius 2 is 2.24 bits per heavy atom. The van der Waals surface area contributed by atoms with Crippen LogP contribution in [0.25, 0.3) is 0 Å². The largest absolute Gasteiger partial charge is 0.480 e. The van der Waals surface area contributed by atoms with Crippen LogP contribution in [0.3, 0.4) is 0 Å². The highest BCUT2D eigenvalue weighted by molar-refractivity contribution is 7.99. The predicted molar refractivity (Wildman–Crippen MR) is 80.1 cm³/mol. The molecular weight excluding hydrogens is 296 g/mol. The van der Waals surface area contributed by atoms with Crippen molar-refractivity contribution >= 4 is 29.2 Å². The molecule has 0 aromatic carbocycles. The van der Waals surface area contributed by atoms with E-state index in [4.69, 9.17) is 0 Å². The van der Waals surface area contributed by atoms with Gasteiger partial charge in [-0.1, -0.05) is 0 Å². The highest BCUT2D eigenvalue weighted by atomic mass is 32.2. The maximum atomic E-state index is 11.5. The lowest BCUT2D eigenvalue weighted by atomic mass is 10.2. The van der Waals surface area contributed by atoms with Gasteiger partial charge in [0.25, 0.3) is 0 Å².